The molecule has 0 radical (unpaired) electrons. The minimum absolute atomic E-state index is 0.316. The highest BCUT2D eigenvalue weighted by Gasteiger charge is 2.14. The number of benzene rings is 3. The molecule has 7 heteroatoms. The maximum atomic E-state index is 12.3. The Balaban J connectivity index is 1.64. The fraction of sp³-hybridized carbons (Fsp3) is 0.0435. The quantitative estimate of drug-likeness (QED) is 0.224. The molecule has 0 atom stereocenters. The van der Waals surface area contributed by atoms with Crippen LogP contribution in [0.3, 0.4) is 0 Å². The molecular weight excluding hydrogens is 424 g/mol. The van der Waals surface area contributed by atoms with E-state index in [2.05, 4.69) is 0 Å². The van der Waals surface area contributed by atoms with Crippen molar-refractivity contribution in [2.24, 2.45) is 0 Å². The van der Waals surface area contributed by atoms with Gasteiger partial charge in [-0.05, 0) is 47.5 Å². The predicted octanol–water partition coefficient (Wildman–Crippen LogP) is 5.80. The zero-order chi connectivity index (χ0) is 21.1. The highest BCUT2D eigenvalue weighted by atomic mass is 35.5. The number of fused-ring (bicyclic) bond motifs is 1. The molecule has 0 amide bonds. The number of rotatable bonds is 5. The Morgan fingerprint density at radius 3 is 2.47 bits per heavy atom. The van der Waals surface area contributed by atoms with E-state index >= 15 is 0 Å². The molecule has 0 spiro atoms. The van der Waals surface area contributed by atoms with Crippen LogP contribution in [0.25, 0.3) is 27.5 Å². The first-order valence-corrected chi connectivity index (χ1v) is 10.1. The predicted molar refractivity (Wildman–Crippen MR) is 118 cm³/mol. The van der Waals surface area contributed by atoms with Crippen LogP contribution >= 0.6 is 22.9 Å². The summed E-state index contributed by atoms with van der Waals surface area (Å²) in [6, 6.07) is 17.7. The number of hydrogen-bond donors (Lipinski definition) is 0. The van der Waals surface area contributed by atoms with Crippen LogP contribution < -0.4 is 14.4 Å². The van der Waals surface area contributed by atoms with Crippen LogP contribution in [0.5, 0.6) is 11.5 Å². The van der Waals surface area contributed by atoms with E-state index < -0.39 is 10.9 Å². The highest BCUT2D eigenvalue weighted by Crippen LogP contribution is 2.35. The lowest BCUT2D eigenvalue weighted by molar-refractivity contribution is -0.128. The fourth-order valence-corrected chi connectivity index (χ4v) is 3.73. The van der Waals surface area contributed by atoms with E-state index in [-0.39, 0.29) is 0 Å². The largest absolute Gasteiger partial charge is 0.497 e. The molecule has 150 valence electrons. The van der Waals surface area contributed by atoms with Crippen LogP contribution in [-0.4, -0.2) is 13.1 Å². The van der Waals surface area contributed by atoms with Crippen molar-refractivity contribution in [3.63, 3.8) is 0 Å². The second-order valence-electron chi connectivity index (χ2n) is 6.29. The van der Waals surface area contributed by atoms with E-state index in [9.17, 15) is 9.59 Å². The summed E-state index contributed by atoms with van der Waals surface area (Å²) < 4.78 is 16.6. The molecule has 1 heterocycles. The van der Waals surface area contributed by atoms with Gasteiger partial charge in [0.2, 0.25) is 0 Å². The molecule has 0 fully saturated rings. The van der Waals surface area contributed by atoms with Gasteiger partial charge in [-0.3, -0.25) is 0 Å². The first-order valence-electron chi connectivity index (χ1n) is 8.89. The van der Waals surface area contributed by atoms with Crippen LogP contribution in [-0.2, 0) is 4.79 Å². The molecule has 0 aliphatic carbocycles. The third kappa shape index (κ3) is 4.45. The first kappa shape index (κ1) is 19.9. The lowest BCUT2D eigenvalue weighted by atomic mass is 10.0. The Morgan fingerprint density at radius 1 is 1.03 bits per heavy atom. The SMILES string of the molecule is COc1ccc(-c2cc(OC(=O)/C=C/c3ccc(Cl)cc3)cc3sc(=O)oc23)cc1. The molecule has 0 aliphatic heterocycles. The van der Waals surface area contributed by atoms with Crippen LogP contribution in [0.1, 0.15) is 5.56 Å². The van der Waals surface area contributed by atoms with E-state index in [1.807, 2.05) is 12.1 Å². The second-order valence-corrected chi connectivity index (χ2v) is 7.70. The maximum absolute atomic E-state index is 12.3. The molecule has 0 unspecified atom stereocenters. The summed E-state index contributed by atoms with van der Waals surface area (Å²) in [6.45, 7) is 0. The van der Waals surface area contributed by atoms with Gasteiger partial charge in [0.15, 0.2) is 5.58 Å². The van der Waals surface area contributed by atoms with E-state index in [4.69, 9.17) is 25.5 Å². The minimum atomic E-state index is -0.541. The Labute approximate surface area is 180 Å². The maximum Gasteiger partial charge on any atom is 0.396 e. The topological polar surface area (TPSA) is 65.7 Å². The lowest BCUT2D eigenvalue weighted by Crippen LogP contribution is -2.03. The van der Waals surface area contributed by atoms with Crippen LogP contribution in [0.2, 0.25) is 5.02 Å². The lowest BCUT2D eigenvalue weighted by Gasteiger charge is -2.07. The van der Waals surface area contributed by atoms with Gasteiger partial charge in [0.05, 0.1) is 11.8 Å². The van der Waals surface area contributed by atoms with Crippen molar-refractivity contribution in [3.05, 3.63) is 87.1 Å². The van der Waals surface area contributed by atoms with Gasteiger partial charge in [-0.2, -0.15) is 0 Å². The summed E-state index contributed by atoms with van der Waals surface area (Å²) in [5.41, 5.74) is 2.72. The zero-order valence-corrected chi connectivity index (χ0v) is 17.3. The Kier molecular flexibility index (Phi) is 5.70. The van der Waals surface area contributed by atoms with E-state index in [1.165, 1.54) is 6.08 Å². The fourth-order valence-electron chi connectivity index (χ4n) is 2.88. The van der Waals surface area contributed by atoms with Crippen molar-refractivity contribution < 1.29 is 18.7 Å². The van der Waals surface area contributed by atoms with Crippen LogP contribution in [0.4, 0.5) is 0 Å². The smallest absolute Gasteiger partial charge is 0.396 e. The molecule has 30 heavy (non-hydrogen) atoms. The number of hydrogen-bond acceptors (Lipinski definition) is 6. The molecule has 5 nitrogen and oxygen atoms in total. The number of ether oxygens (including phenoxy) is 2. The molecular formula is C23H15ClO5S. The number of esters is 1. The Bertz CT molecular complexity index is 1280. The Morgan fingerprint density at radius 2 is 1.77 bits per heavy atom. The van der Waals surface area contributed by atoms with Gasteiger partial charge >= 0.3 is 10.9 Å². The molecule has 4 rings (SSSR count). The summed E-state index contributed by atoms with van der Waals surface area (Å²) in [6.07, 6.45) is 2.97. The van der Waals surface area contributed by atoms with Gasteiger partial charge in [0, 0.05) is 22.7 Å². The first-order chi connectivity index (χ1) is 14.5. The van der Waals surface area contributed by atoms with Gasteiger partial charge < -0.3 is 13.9 Å². The number of halogens is 1. The third-order valence-corrected chi connectivity index (χ3v) is 5.33. The molecule has 0 saturated carbocycles. The highest BCUT2D eigenvalue weighted by molar-refractivity contribution is 7.16. The molecule has 1 aromatic heterocycles. The van der Waals surface area contributed by atoms with E-state index in [0.29, 0.717) is 32.4 Å². The summed E-state index contributed by atoms with van der Waals surface area (Å²) in [5, 5.41) is 0.619. The van der Waals surface area contributed by atoms with Gasteiger partial charge in [-0.25, -0.2) is 9.59 Å². The number of carbonyl (C=O) groups excluding carboxylic acids is 1. The van der Waals surface area contributed by atoms with Crippen molar-refractivity contribution in [1.29, 1.82) is 0 Å². The average molecular weight is 439 g/mol. The van der Waals surface area contributed by atoms with Crippen molar-refractivity contribution in [1.82, 2.24) is 0 Å². The summed E-state index contributed by atoms with van der Waals surface area (Å²) in [5.74, 6) is 0.480. The summed E-state index contributed by atoms with van der Waals surface area (Å²) in [7, 11) is 1.59. The van der Waals surface area contributed by atoms with Crippen LogP contribution in [0, 0.1) is 0 Å². The summed E-state index contributed by atoms with van der Waals surface area (Å²) in [4.78, 5) is 23.7. The van der Waals surface area contributed by atoms with E-state index in [1.54, 1.807) is 61.7 Å². The van der Waals surface area contributed by atoms with Gasteiger partial charge in [0.1, 0.15) is 11.5 Å². The van der Waals surface area contributed by atoms with Crippen molar-refractivity contribution in [2.45, 2.75) is 0 Å². The van der Waals surface area contributed by atoms with Gasteiger partial charge in [0.25, 0.3) is 0 Å². The molecule has 4 aromatic rings. The molecule has 3 aromatic carbocycles. The summed E-state index contributed by atoms with van der Waals surface area (Å²) >= 11 is 6.81. The van der Waals surface area contributed by atoms with Crippen LogP contribution in [0.15, 0.2) is 76.0 Å². The number of carbonyl (C=O) groups is 1. The Hall–Kier alpha value is -3.35. The number of methoxy groups -OCH3 is 1. The average Bonchev–Trinajstić information content (AvgIpc) is 3.13. The van der Waals surface area contributed by atoms with Gasteiger partial charge in [-0.15, -0.1) is 0 Å². The zero-order valence-electron chi connectivity index (χ0n) is 15.8. The van der Waals surface area contributed by atoms with Crippen molar-refractivity contribution >= 4 is 45.3 Å². The standard InChI is InChI=1S/C23H15ClO5S/c1-27-17-9-5-15(6-10-17)19-12-18(13-20-22(19)29-23(26)30-20)28-21(25)11-4-14-2-7-16(24)8-3-14/h2-13H,1H3/b11-4+. The van der Waals surface area contributed by atoms with Crippen molar-refractivity contribution in [2.75, 3.05) is 7.11 Å². The van der Waals surface area contributed by atoms with Crippen molar-refractivity contribution in [3.8, 4) is 22.6 Å². The monoisotopic (exact) mass is 438 g/mol. The van der Waals surface area contributed by atoms with Gasteiger partial charge in [-0.1, -0.05) is 47.2 Å². The third-order valence-electron chi connectivity index (χ3n) is 4.31. The molecule has 0 aliphatic rings. The molecule has 0 saturated heterocycles. The molecule has 0 bridgehead atoms. The molecule has 0 N–H and O–H groups in total. The normalized spacial score (nSPS) is 11.1. The van der Waals surface area contributed by atoms with E-state index in [0.717, 1.165) is 22.5 Å². The minimum Gasteiger partial charge on any atom is -0.497 e. The second kappa shape index (κ2) is 8.57.